The normalized spacial score (nSPS) is 15.6. The Labute approximate surface area is 175 Å². The standard InChI is InChI=1S/C20H23ClN2O5S/c1-29(25,26)23(16-7-4-6-15(21)12-16)11-5-10-20(24)22-13-17-14-27-18-8-2-3-9-19(18)28-17/h2-4,6-9,12,17H,5,10-11,13-14H2,1H3,(H,22,24)/t17-/m1/s1. The number of amides is 1. The van der Waals surface area contributed by atoms with Gasteiger partial charge in [-0.25, -0.2) is 8.42 Å². The van der Waals surface area contributed by atoms with E-state index < -0.39 is 10.0 Å². The summed E-state index contributed by atoms with van der Waals surface area (Å²) in [6.45, 7) is 0.855. The molecule has 2 aromatic rings. The van der Waals surface area contributed by atoms with Crippen LogP contribution in [-0.2, 0) is 14.8 Å². The third-order valence-corrected chi connectivity index (χ3v) is 5.79. The van der Waals surface area contributed by atoms with Crippen molar-refractivity contribution in [3.05, 3.63) is 53.6 Å². The molecular formula is C20H23ClN2O5S. The Hall–Kier alpha value is -2.45. The Kier molecular flexibility index (Phi) is 6.87. The number of anilines is 1. The van der Waals surface area contributed by atoms with Gasteiger partial charge in [0.25, 0.3) is 0 Å². The van der Waals surface area contributed by atoms with E-state index in [1.54, 1.807) is 24.3 Å². The smallest absolute Gasteiger partial charge is 0.232 e. The fourth-order valence-electron chi connectivity index (χ4n) is 2.98. The number of nitrogens with zero attached hydrogens (tertiary/aromatic N) is 1. The minimum Gasteiger partial charge on any atom is -0.486 e. The molecule has 1 atom stereocenters. The largest absolute Gasteiger partial charge is 0.486 e. The third kappa shape index (κ3) is 6.01. The first-order chi connectivity index (χ1) is 13.8. The second-order valence-electron chi connectivity index (χ2n) is 6.72. The van der Waals surface area contributed by atoms with Crippen molar-refractivity contribution >= 4 is 33.2 Å². The monoisotopic (exact) mass is 438 g/mol. The Morgan fingerprint density at radius 3 is 2.69 bits per heavy atom. The van der Waals surface area contributed by atoms with Crippen LogP contribution in [0.3, 0.4) is 0 Å². The van der Waals surface area contributed by atoms with Crippen LogP contribution in [0.2, 0.25) is 5.02 Å². The maximum absolute atomic E-state index is 12.2. The van der Waals surface area contributed by atoms with Crippen LogP contribution in [0.5, 0.6) is 11.5 Å². The molecule has 9 heteroatoms. The molecule has 1 amide bonds. The highest BCUT2D eigenvalue weighted by Gasteiger charge is 2.21. The molecule has 1 N–H and O–H groups in total. The first kappa shape index (κ1) is 21.3. The fourth-order valence-corrected chi connectivity index (χ4v) is 4.12. The van der Waals surface area contributed by atoms with Crippen LogP contribution in [0.25, 0.3) is 0 Å². The summed E-state index contributed by atoms with van der Waals surface area (Å²) >= 11 is 5.96. The van der Waals surface area contributed by atoms with Gasteiger partial charge in [0.2, 0.25) is 15.9 Å². The van der Waals surface area contributed by atoms with Gasteiger partial charge >= 0.3 is 0 Å². The van der Waals surface area contributed by atoms with Crippen molar-refractivity contribution in [2.45, 2.75) is 18.9 Å². The van der Waals surface area contributed by atoms with Gasteiger partial charge in [0, 0.05) is 18.0 Å². The molecule has 0 saturated carbocycles. The molecule has 3 rings (SSSR count). The van der Waals surface area contributed by atoms with Crippen LogP contribution in [0.4, 0.5) is 5.69 Å². The van der Waals surface area contributed by atoms with Gasteiger partial charge in [0.15, 0.2) is 11.5 Å². The van der Waals surface area contributed by atoms with E-state index in [1.165, 1.54) is 4.31 Å². The lowest BCUT2D eigenvalue weighted by molar-refractivity contribution is -0.121. The number of carbonyl (C=O) groups excluding carboxylic acids is 1. The van der Waals surface area contributed by atoms with E-state index in [-0.39, 0.29) is 25.0 Å². The summed E-state index contributed by atoms with van der Waals surface area (Å²) < 4.78 is 36.9. The van der Waals surface area contributed by atoms with Crippen molar-refractivity contribution in [2.24, 2.45) is 0 Å². The van der Waals surface area contributed by atoms with Gasteiger partial charge in [-0.1, -0.05) is 29.8 Å². The summed E-state index contributed by atoms with van der Waals surface area (Å²) in [4.78, 5) is 12.2. The SMILES string of the molecule is CS(=O)(=O)N(CCCC(=O)NC[C@@H]1COc2ccccc2O1)c1cccc(Cl)c1. The predicted octanol–water partition coefficient (Wildman–Crippen LogP) is 2.84. The fraction of sp³-hybridized carbons (Fsp3) is 0.350. The average molecular weight is 439 g/mol. The van der Waals surface area contributed by atoms with Gasteiger partial charge in [0.05, 0.1) is 18.5 Å². The third-order valence-electron chi connectivity index (χ3n) is 4.36. The second-order valence-corrected chi connectivity index (χ2v) is 9.06. The van der Waals surface area contributed by atoms with Crippen molar-refractivity contribution in [3.8, 4) is 11.5 Å². The molecule has 0 saturated heterocycles. The Balaban J connectivity index is 1.46. The zero-order valence-electron chi connectivity index (χ0n) is 16.0. The van der Waals surface area contributed by atoms with E-state index in [1.807, 2.05) is 24.3 Å². The lowest BCUT2D eigenvalue weighted by Gasteiger charge is -2.26. The molecule has 0 spiro atoms. The molecule has 0 fully saturated rings. The highest BCUT2D eigenvalue weighted by atomic mass is 35.5. The number of halogens is 1. The molecule has 0 aromatic heterocycles. The summed E-state index contributed by atoms with van der Waals surface area (Å²) in [6, 6.07) is 14.0. The zero-order valence-corrected chi connectivity index (χ0v) is 17.6. The quantitative estimate of drug-likeness (QED) is 0.685. The molecule has 1 aliphatic heterocycles. The molecule has 7 nitrogen and oxygen atoms in total. The predicted molar refractivity (Wildman–Crippen MR) is 112 cm³/mol. The molecule has 0 bridgehead atoms. The number of carbonyl (C=O) groups is 1. The van der Waals surface area contributed by atoms with Gasteiger partial charge in [-0.05, 0) is 36.8 Å². The number of nitrogens with one attached hydrogen (secondary N) is 1. The summed E-state index contributed by atoms with van der Waals surface area (Å²) in [5.41, 5.74) is 0.479. The van der Waals surface area contributed by atoms with E-state index in [9.17, 15) is 13.2 Å². The van der Waals surface area contributed by atoms with Crippen LogP contribution in [0, 0.1) is 0 Å². The molecular weight excluding hydrogens is 416 g/mol. The first-order valence-corrected chi connectivity index (χ1v) is 11.4. The number of para-hydroxylation sites is 2. The van der Waals surface area contributed by atoms with Crippen molar-refractivity contribution in [3.63, 3.8) is 0 Å². The minimum atomic E-state index is -3.48. The van der Waals surface area contributed by atoms with Gasteiger partial charge in [-0.2, -0.15) is 0 Å². The summed E-state index contributed by atoms with van der Waals surface area (Å²) in [6.07, 6.45) is 1.42. The lowest BCUT2D eigenvalue weighted by atomic mass is 10.2. The Bertz CT molecular complexity index is 967. The van der Waals surface area contributed by atoms with E-state index in [0.717, 1.165) is 6.26 Å². The lowest BCUT2D eigenvalue weighted by Crippen LogP contribution is -2.41. The van der Waals surface area contributed by atoms with Gasteiger partial charge < -0.3 is 14.8 Å². The number of hydrogen-bond donors (Lipinski definition) is 1. The molecule has 1 aliphatic rings. The molecule has 2 aromatic carbocycles. The summed E-state index contributed by atoms with van der Waals surface area (Å²) in [5.74, 6) is 1.17. The highest BCUT2D eigenvalue weighted by Crippen LogP contribution is 2.30. The van der Waals surface area contributed by atoms with Crippen LogP contribution in [0.1, 0.15) is 12.8 Å². The van der Waals surface area contributed by atoms with Crippen LogP contribution >= 0.6 is 11.6 Å². The van der Waals surface area contributed by atoms with Crippen molar-refractivity contribution in [1.82, 2.24) is 5.32 Å². The van der Waals surface area contributed by atoms with E-state index in [2.05, 4.69) is 5.32 Å². The molecule has 0 aliphatic carbocycles. The molecule has 0 radical (unpaired) electrons. The minimum absolute atomic E-state index is 0.174. The number of fused-ring (bicyclic) bond motifs is 1. The van der Waals surface area contributed by atoms with Crippen molar-refractivity contribution in [1.29, 1.82) is 0 Å². The number of hydrogen-bond acceptors (Lipinski definition) is 5. The Morgan fingerprint density at radius 2 is 1.97 bits per heavy atom. The summed E-state index contributed by atoms with van der Waals surface area (Å²) in [5, 5.41) is 3.26. The van der Waals surface area contributed by atoms with E-state index in [0.29, 0.717) is 41.8 Å². The Morgan fingerprint density at radius 1 is 1.21 bits per heavy atom. The number of sulfonamides is 1. The zero-order chi connectivity index (χ0) is 20.9. The van der Waals surface area contributed by atoms with Gasteiger partial charge in [0.1, 0.15) is 12.7 Å². The first-order valence-electron chi connectivity index (χ1n) is 9.21. The number of rotatable bonds is 8. The summed E-state index contributed by atoms with van der Waals surface area (Å²) in [7, 11) is -3.48. The second kappa shape index (κ2) is 9.37. The van der Waals surface area contributed by atoms with Crippen LogP contribution in [-0.4, -0.2) is 46.4 Å². The van der Waals surface area contributed by atoms with Crippen molar-refractivity contribution < 1.29 is 22.7 Å². The molecule has 0 unspecified atom stereocenters. The number of benzene rings is 2. The maximum atomic E-state index is 12.2. The van der Waals surface area contributed by atoms with E-state index >= 15 is 0 Å². The van der Waals surface area contributed by atoms with Crippen molar-refractivity contribution in [2.75, 3.05) is 30.3 Å². The molecule has 29 heavy (non-hydrogen) atoms. The van der Waals surface area contributed by atoms with Gasteiger partial charge in [-0.3, -0.25) is 9.10 Å². The van der Waals surface area contributed by atoms with Crippen LogP contribution < -0.4 is 19.1 Å². The van der Waals surface area contributed by atoms with Gasteiger partial charge in [-0.15, -0.1) is 0 Å². The molecule has 1 heterocycles. The van der Waals surface area contributed by atoms with Crippen LogP contribution in [0.15, 0.2) is 48.5 Å². The molecule has 156 valence electrons. The van der Waals surface area contributed by atoms with E-state index in [4.69, 9.17) is 21.1 Å². The number of ether oxygens (including phenoxy) is 2. The maximum Gasteiger partial charge on any atom is 0.232 e. The average Bonchev–Trinajstić information content (AvgIpc) is 2.68. The highest BCUT2D eigenvalue weighted by molar-refractivity contribution is 7.92. The topological polar surface area (TPSA) is 84.9 Å².